The Morgan fingerprint density at radius 2 is 1.35 bits per heavy atom. The number of ether oxygens (including phenoxy) is 3. The Morgan fingerprint density at radius 1 is 0.744 bits per heavy atom. The van der Waals surface area contributed by atoms with E-state index < -0.39 is 10.0 Å². The molecule has 0 saturated carbocycles. The zero-order valence-corrected chi connectivity index (χ0v) is 27.2. The molecule has 0 bridgehead atoms. The van der Waals surface area contributed by atoms with Crippen LogP contribution < -0.4 is 19.1 Å². The van der Waals surface area contributed by atoms with Gasteiger partial charge in [-0.15, -0.1) is 0 Å². The van der Waals surface area contributed by atoms with Gasteiger partial charge in [-0.3, -0.25) is 4.79 Å². The summed E-state index contributed by atoms with van der Waals surface area (Å²) in [4.78, 5) is 17.2. The van der Waals surface area contributed by atoms with E-state index in [-0.39, 0.29) is 17.3 Å². The number of piperazine rings is 1. The van der Waals surface area contributed by atoms with E-state index in [9.17, 15) is 13.2 Å². The van der Waals surface area contributed by atoms with Crippen LogP contribution in [-0.4, -0.2) is 77.6 Å². The number of hydrogen-bond acceptors (Lipinski definition) is 7. The molecule has 0 unspecified atom stereocenters. The highest BCUT2D eigenvalue weighted by Crippen LogP contribution is 2.36. The fourth-order valence-electron chi connectivity index (χ4n) is 6.05. The molecule has 2 aromatic rings. The molecule has 0 atom stereocenters. The summed E-state index contributed by atoms with van der Waals surface area (Å²) >= 11 is 0. The van der Waals surface area contributed by atoms with E-state index in [2.05, 4.69) is 11.8 Å². The van der Waals surface area contributed by atoms with Crippen LogP contribution in [0.4, 0.5) is 5.69 Å². The van der Waals surface area contributed by atoms with E-state index in [4.69, 9.17) is 14.2 Å². The average Bonchev–Trinajstić information content (AvgIpc) is 3.04. The highest BCUT2D eigenvalue weighted by Gasteiger charge is 2.31. The van der Waals surface area contributed by atoms with Crippen molar-refractivity contribution in [1.82, 2.24) is 9.21 Å². The second kappa shape index (κ2) is 15.7. The number of hydrogen-bond donors (Lipinski definition) is 0. The molecule has 1 amide bonds. The smallest absolute Gasteiger partial charge is 0.243 e. The minimum absolute atomic E-state index is 0.216. The topological polar surface area (TPSA) is 88.6 Å². The van der Waals surface area contributed by atoms with Gasteiger partial charge in [-0.05, 0) is 54.3 Å². The van der Waals surface area contributed by atoms with Gasteiger partial charge in [0.25, 0.3) is 0 Å². The molecule has 1 saturated heterocycles. The van der Waals surface area contributed by atoms with Gasteiger partial charge in [-0.1, -0.05) is 51.9 Å². The molecule has 2 aliphatic heterocycles. The van der Waals surface area contributed by atoms with Crippen molar-refractivity contribution in [3.63, 3.8) is 0 Å². The molecule has 0 aromatic heterocycles. The van der Waals surface area contributed by atoms with Crippen LogP contribution in [0.3, 0.4) is 0 Å². The number of methoxy groups -OCH3 is 3. The van der Waals surface area contributed by atoms with Gasteiger partial charge in [0, 0.05) is 45.7 Å². The normalized spacial score (nSPS) is 15.7. The Kier molecular flexibility index (Phi) is 12.0. The zero-order valence-electron chi connectivity index (χ0n) is 26.4. The van der Waals surface area contributed by atoms with Crippen molar-refractivity contribution in [2.45, 2.75) is 82.6 Å². The van der Waals surface area contributed by atoms with Crippen LogP contribution in [0, 0.1) is 0 Å². The molecule has 43 heavy (non-hydrogen) atoms. The van der Waals surface area contributed by atoms with Gasteiger partial charge in [0.1, 0.15) is 5.75 Å². The maximum atomic E-state index is 13.8. The molecule has 0 spiro atoms. The second-order valence-corrected chi connectivity index (χ2v) is 13.4. The van der Waals surface area contributed by atoms with E-state index >= 15 is 0 Å². The van der Waals surface area contributed by atoms with Gasteiger partial charge in [0.05, 0.1) is 31.9 Å². The Labute approximate surface area is 258 Å². The standard InChI is InChI=1S/C33H49N3O6S/c1-5-6-7-8-9-10-11-12-13-33(37)35-20-18-34(19-21-35)29-24-28(14-15-30(29)40-2)43(38,39)36-17-16-26-22-31(41-3)32(42-4)23-27(26)25-36/h14-15,22-24H,5-13,16-21,25H2,1-4H3. The molecule has 238 valence electrons. The van der Waals surface area contributed by atoms with Crippen molar-refractivity contribution < 1.29 is 27.4 Å². The molecule has 0 aliphatic carbocycles. The summed E-state index contributed by atoms with van der Waals surface area (Å²) in [5.41, 5.74) is 2.71. The lowest BCUT2D eigenvalue weighted by atomic mass is 10.0. The number of benzene rings is 2. The van der Waals surface area contributed by atoms with E-state index in [1.54, 1.807) is 39.5 Å². The van der Waals surface area contributed by atoms with E-state index in [1.165, 1.54) is 42.8 Å². The number of anilines is 1. The zero-order chi connectivity index (χ0) is 30.8. The monoisotopic (exact) mass is 615 g/mol. The molecular formula is C33H49N3O6S. The summed E-state index contributed by atoms with van der Waals surface area (Å²) in [6, 6.07) is 8.86. The number of amides is 1. The first-order valence-corrected chi connectivity index (χ1v) is 17.2. The van der Waals surface area contributed by atoms with Crippen molar-refractivity contribution in [3.05, 3.63) is 41.5 Å². The highest BCUT2D eigenvalue weighted by atomic mass is 32.2. The molecule has 9 nitrogen and oxygen atoms in total. The minimum atomic E-state index is -3.76. The lowest BCUT2D eigenvalue weighted by Crippen LogP contribution is -2.48. The second-order valence-electron chi connectivity index (χ2n) is 11.5. The molecule has 2 aliphatic rings. The molecule has 10 heteroatoms. The highest BCUT2D eigenvalue weighted by molar-refractivity contribution is 7.89. The van der Waals surface area contributed by atoms with Crippen LogP contribution >= 0.6 is 0 Å². The first-order valence-electron chi connectivity index (χ1n) is 15.8. The predicted octanol–water partition coefficient (Wildman–Crippen LogP) is 5.64. The SMILES string of the molecule is CCCCCCCCCCC(=O)N1CCN(c2cc(S(=O)(=O)N3CCc4cc(OC)c(OC)cc4C3)ccc2OC)CC1. The van der Waals surface area contributed by atoms with Crippen LogP contribution in [0.1, 0.15) is 75.8 Å². The number of rotatable bonds is 15. The van der Waals surface area contributed by atoms with Gasteiger partial charge in [-0.2, -0.15) is 4.31 Å². The molecule has 0 radical (unpaired) electrons. The van der Waals surface area contributed by atoms with Gasteiger partial charge >= 0.3 is 0 Å². The summed E-state index contributed by atoms with van der Waals surface area (Å²) in [5.74, 6) is 2.07. The summed E-state index contributed by atoms with van der Waals surface area (Å²) < 4.78 is 45.7. The molecule has 4 rings (SSSR count). The van der Waals surface area contributed by atoms with Crippen molar-refractivity contribution in [2.75, 3.05) is 59.0 Å². The number of unbranched alkanes of at least 4 members (excludes halogenated alkanes) is 7. The molecule has 2 heterocycles. The Morgan fingerprint density at radius 3 is 1.98 bits per heavy atom. The van der Waals surface area contributed by atoms with E-state index in [1.807, 2.05) is 17.0 Å². The number of carbonyl (C=O) groups is 1. The van der Waals surface area contributed by atoms with Crippen LogP contribution in [-0.2, 0) is 27.8 Å². The van der Waals surface area contributed by atoms with Gasteiger partial charge in [0.2, 0.25) is 15.9 Å². The fraction of sp³-hybridized carbons (Fsp3) is 0.606. The quantitative estimate of drug-likeness (QED) is 0.240. The van der Waals surface area contributed by atoms with Crippen molar-refractivity contribution in [2.24, 2.45) is 0 Å². The predicted molar refractivity (Wildman–Crippen MR) is 170 cm³/mol. The molecular weight excluding hydrogens is 566 g/mol. The van der Waals surface area contributed by atoms with Crippen molar-refractivity contribution in [3.8, 4) is 17.2 Å². The Bertz CT molecular complexity index is 1320. The number of fused-ring (bicyclic) bond motifs is 1. The Hall–Kier alpha value is -2.98. The number of carbonyl (C=O) groups excluding carboxylic acids is 1. The average molecular weight is 616 g/mol. The maximum Gasteiger partial charge on any atom is 0.243 e. The number of sulfonamides is 1. The third-order valence-corrected chi connectivity index (χ3v) is 10.5. The molecule has 1 fully saturated rings. The van der Waals surface area contributed by atoms with Crippen LogP contribution in [0.2, 0.25) is 0 Å². The van der Waals surface area contributed by atoms with Crippen LogP contribution in [0.25, 0.3) is 0 Å². The summed E-state index contributed by atoms with van der Waals surface area (Å²) in [5, 5.41) is 0. The van der Waals surface area contributed by atoms with Crippen molar-refractivity contribution in [1.29, 1.82) is 0 Å². The van der Waals surface area contributed by atoms with Gasteiger partial charge in [-0.25, -0.2) is 8.42 Å². The third kappa shape index (κ3) is 8.15. The molecule has 2 aromatic carbocycles. The Balaban J connectivity index is 1.36. The first kappa shape index (κ1) is 32.9. The van der Waals surface area contributed by atoms with Gasteiger partial charge in [0.15, 0.2) is 11.5 Å². The summed E-state index contributed by atoms with van der Waals surface area (Å²) in [6.07, 6.45) is 10.9. The maximum absolute atomic E-state index is 13.8. The fourth-order valence-corrected chi connectivity index (χ4v) is 7.49. The third-order valence-electron chi connectivity index (χ3n) is 8.69. The summed E-state index contributed by atoms with van der Waals surface area (Å²) in [7, 11) is 1.01. The van der Waals surface area contributed by atoms with Gasteiger partial charge < -0.3 is 24.0 Å². The van der Waals surface area contributed by atoms with Crippen molar-refractivity contribution >= 4 is 21.6 Å². The minimum Gasteiger partial charge on any atom is -0.495 e. The molecule has 0 N–H and O–H groups in total. The van der Waals surface area contributed by atoms with Crippen LogP contribution in [0.5, 0.6) is 17.2 Å². The van der Waals surface area contributed by atoms with E-state index in [0.29, 0.717) is 62.8 Å². The first-order chi connectivity index (χ1) is 20.8. The largest absolute Gasteiger partial charge is 0.495 e. The lowest BCUT2D eigenvalue weighted by Gasteiger charge is -2.37. The summed E-state index contributed by atoms with van der Waals surface area (Å²) in [6.45, 7) is 5.36. The lowest BCUT2D eigenvalue weighted by molar-refractivity contribution is -0.131. The van der Waals surface area contributed by atoms with Crippen LogP contribution in [0.15, 0.2) is 35.2 Å². The number of nitrogens with zero attached hydrogens (tertiary/aromatic N) is 3. The van der Waals surface area contributed by atoms with E-state index in [0.717, 1.165) is 29.7 Å².